The van der Waals surface area contributed by atoms with Gasteiger partial charge in [-0.2, -0.15) is 0 Å². The molecule has 3 N–H and O–H groups in total. The van der Waals surface area contributed by atoms with E-state index in [2.05, 4.69) is 25.4 Å². The maximum atomic E-state index is 12.1. The predicted octanol–water partition coefficient (Wildman–Crippen LogP) is 2.71. The molecular formula is C24H30N6O3. The third-order valence-corrected chi connectivity index (χ3v) is 5.73. The Morgan fingerprint density at radius 1 is 1.27 bits per heavy atom. The molecule has 9 nitrogen and oxygen atoms in total. The molecule has 2 aromatic heterocycles. The molecule has 1 aliphatic heterocycles. The molecule has 174 valence electrons. The molecule has 4 rings (SSSR count). The summed E-state index contributed by atoms with van der Waals surface area (Å²) in [7, 11) is 4.08. The molecule has 33 heavy (non-hydrogen) atoms. The summed E-state index contributed by atoms with van der Waals surface area (Å²) in [5, 5.41) is 12.4. The number of aromatic nitrogens is 3. The summed E-state index contributed by atoms with van der Waals surface area (Å²) < 4.78 is 11.3. The molecule has 1 aromatic carbocycles. The maximum Gasteiger partial charge on any atom is 0.271 e. The van der Waals surface area contributed by atoms with Gasteiger partial charge in [-0.25, -0.2) is 4.98 Å². The van der Waals surface area contributed by atoms with Gasteiger partial charge in [0, 0.05) is 42.4 Å². The third kappa shape index (κ3) is 5.37. The molecule has 1 saturated heterocycles. The summed E-state index contributed by atoms with van der Waals surface area (Å²) in [6.45, 7) is 4.35. The number of fused-ring (bicyclic) bond motifs is 1. The number of hydrogen-bond acceptors (Lipinski definition) is 8. The highest BCUT2D eigenvalue weighted by molar-refractivity contribution is 6.05. The number of carbonyl (C=O) groups excluding carboxylic acids is 1. The molecule has 3 heterocycles. The topological polar surface area (TPSA) is 115 Å². The zero-order valence-electron chi connectivity index (χ0n) is 19.2. The van der Waals surface area contributed by atoms with E-state index in [9.17, 15) is 4.79 Å². The van der Waals surface area contributed by atoms with Gasteiger partial charge in [-0.05, 0) is 57.6 Å². The predicted molar refractivity (Wildman–Crippen MR) is 127 cm³/mol. The molecule has 9 heteroatoms. The van der Waals surface area contributed by atoms with E-state index in [-0.39, 0.29) is 17.8 Å². The van der Waals surface area contributed by atoms with E-state index in [0.29, 0.717) is 23.7 Å². The number of amides is 1. The van der Waals surface area contributed by atoms with E-state index in [1.165, 1.54) is 0 Å². The summed E-state index contributed by atoms with van der Waals surface area (Å²) in [6, 6.07) is 9.64. The molecule has 1 aliphatic rings. The fraction of sp³-hybridized carbons (Fsp3) is 0.417. The van der Waals surface area contributed by atoms with Crippen molar-refractivity contribution in [2.45, 2.75) is 31.9 Å². The van der Waals surface area contributed by atoms with Gasteiger partial charge in [0.1, 0.15) is 0 Å². The van der Waals surface area contributed by atoms with E-state index in [1.807, 2.05) is 51.4 Å². The Morgan fingerprint density at radius 2 is 2.06 bits per heavy atom. The SMILES string of the molecule is CC(Nc1c(C(N)=O)nnc2ccc(-c3ccc(OCCCN(C)C)nc3)cc12)C1CCO1. The number of primary amides is 1. The summed E-state index contributed by atoms with van der Waals surface area (Å²) in [5.74, 6) is -0.0340. The summed E-state index contributed by atoms with van der Waals surface area (Å²) >= 11 is 0. The zero-order valence-corrected chi connectivity index (χ0v) is 19.2. The van der Waals surface area contributed by atoms with Gasteiger partial charge < -0.3 is 25.4 Å². The first-order valence-electron chi connectivity index (χ1n) is 11.1. The molecule has 0 saturated carbocycles. The van der Waals surface area contributed by atoms with Crippen LogP contribution in [0.1, 0.15) is 30.3 Å². The molecule has 2 atom stereocenters. The minimum Gasteiger partial charge on any atom is -0.478 e. The van der Waals surface area contributed by atoms with Crippen molar-refractivity contribution in [3.05, 3.63) is 42.2 Å². The molecule has 1 fully saturated rings. The minimum absolute atomic E-state index is 0.00139. The van der Waals surface area contributed by atoms with Crippen molar-refractivity contribution in [1.82, 2.24) is 20.1 Å². The Kier molecular flexibility index (Phi) is 7.00. The van der Waals surface area contributed by atoms with Gasteiger partial charge in [-0.1, -0.05) is 6.07 Å². The van der Waals surface area contributed by atoms with Crippen LogP contribution in [-0.4, -0.2) is 72.0 Å². The Hall–Kier alpha value is -3.30. The van der Waals surface area contributed by atoms with Gasteiger partial charge in [-0.15, -0.1) is 10.2 Å². The molecule has 0 aliphatic carbocycles. The van der Waals surface area contributed by atoms with Gasteiger partial charge in [0.15, 0.2) is 5.69 Å². The van der Waals surface area contributed by atoms with Gasteiger partial charge >= 0.3 is 0 Å². The average Bonchev–Trinajstić information content (AvgIpc) is 2.75. The van der Waals surface area contributed by atoms with Gasteiger partial charge in [0.2, 0.25) is 5.88 Å². The standard InChI is InChI=1S/C24H30N6O3/c1-15(20-9-12-32-20)27-22-18-13-16(5-7-19(18)28-29-23(22)24(25)31)17-6-8-21(26-14-17)33-11-4-10-30(2)3/h5-8,13-15,20H,4,9-12H2,1-3H3,(H2,25,31)(H,27,28). The van der Waals surface area contributed by atoms with E-state index in [1.54, 1.807) is 6.20 Å². The Morgan fingerprint density at radius 3 is 2.70 bits per heavy atom. The lowest BCUT2D eigenvalue weighted by atomic mass is 10.0. The minimum atomic E-state index is -0.628. The Balaban J connectivity index is 1.59. The van der Waals surface area contributed by atoms with Crippen LogP contribution in [0.25, 0.3) is 22.0 Å². The average molecular weight is 451 g/mol. The third-order valence-electron chi connectivity index (χ3n) is 5.73. The molecule has 0 radical (unpaired) electrons. The van der Waals surface area contributed by atoms with Crippen molar-refractivity contribution in [2.75, 3.05) is 39.2 Å². The van der Waals surface area contributed by atoms with E-state index >= 15 is 0 Å². The number of carbonyl (C=O) groups is 1. The van der Waals surface area contributed by atoms with Crippen molar-refractivity contribution in [2.24, 2.45) is 5.73 Å². The van der Waals surface area contributed by atoms with E-state index < -0.39 is 5.91 Å². The molecular weight excluding hydrogens is 420 g/mol. The summed E-state index contributed by atoms with van der Waals surface area (Å²) in [5.41, 5.74) is 8.82. The molecule has 2 unspecified atom stereocenters. The van der Waals surface area contributed by atoms with Crippen molar-refractivity contribution >= 4 is 22.5 Å². The van der Waals surface area contributed by atoms with E-state index in [4.69, 9.17) is 15.2 Å². The van der Waals surface area contributed by atoms with Crippen LogP contribution in [0.4, 0.5) is 5.69 Å². The smallest absolute Gasteiger partial charge is 0.271 e. The van der Waals surface area contributed by atoms with Crippen molar-refractivity contribution in [3.8, 4) is 17.0 Å². The number of rotatable bonds is 10. The quantitative estimate of drug-likeness (QED) is 0.453. The van der Waals surface area contributed by atoms with Crippen LogP contribution in [0.5, 0.6) is 5.88 Å². The Bertz CT molecular complexity index is 1120. The summed E-state index contributed by atoms with van der Waals surface area (Å²) in [6.07, 6.45) is 3.78. The van der Waals surface area contributed by atoms with Crippen LogP contribution in [0.3, 0.4) is 0 Å². The fourth-order valence-corrected chi connectivity index (χ4v) is 3.77. The van der Waals surface area contributed by atoms with Crippen LogP contribution in [-0.2, 0) is 4.74 Å². The monoisotopic (exact) mass is 450 g/mol. The number of anilines is 1. The molecule has 1 amide bonds. The number of pyridine rings is 1. The highest BCUT2D eigenvalue weighted by Crippen LogP contribution is 2.31. The summed E-state index contributed by atoms with van der Waals surface area (Å²) in [4.78, 5) is 18.6. The van der Waals surface area contributed by atoms with Crippen LogP contribution in [0.15, 0.2) is 36.5 Å². The first-order valence-corrected chi connectivity index (χ1v) is 11.1. The van der Waals surface area contributed by atoms with Crippen LogP contribution in [0.2, 0.25) is 0 Å². The molecule has 3 aromatic rings. The number of ether oxygens (including phenoxy) is 2. The maximum absolute atomic E-state index is 12.1. The second kappa shape index (κ2) is 10.1. The highest BCUT2D eigenvalue weighted by Gasteiger charge is 2.27. The van der Waals surface area contributed by atoms with Crippen LogP contribution >= 0.6 is 0 Å². The van der Waals surface area contributed by atoms with Gasteiger partial charge in [0.05, 0.1) is 23.9 Å². The second-order valence-electron chi connectivity index (χ2n) is 8.54. The van der Waals surface area contributed by atoms with Gasteiger partial charge in [0.25, 0.3) is 5.91 Å². The number of nitrogens with zero attached hydrogens (tertiary/aromatic N) is 4. The largest absolute Gasteiger partial charge is 0.478 e. The van der Waals surface area contributed by atoms with Crippen molar-refractivity contribution in [1.29, 1.82) is 0 Å². The second-order valence-corrected chi connectivity index (χ2v) is 8.54. The van der Waals surface area contributed by atoms with E-state index in [0.717, 1.165) is 42.5 Å². The fourth-order valence-electron chi connectivity index (χ4n) is 3.77. The zero-order chi connectivity index (χ0) is 23.4. The normalized spacial score (nSPS) is 16.4. The first-order chi connectivity index (χ1) is 15.9. The number of nitrogens with one attached hydrogen (secondary N) is 1. The number of nitrogens with two attached hydrogens (primary N) is 1. The lowest BCUT2D eigenvalue weighted by Crippen LogP contribution is -2.41. The first kappa shape index (κ1) is 22.9. The van der Waals surface area contributed by atoms with Gasteiger partial charge in [-0.3, -0.25) is 4.79 Å². The number of benzene rings is 1. The molecule has 0 spiro atoms. The molecule has 0 bridgehead atoms. The Labute approximate surface area is 193 Å². The van der Waals surface area contributed by atoms with Crippen molar-refractivity contribution < 1.29 is 14.3 Å². The van der Waals surface area contributed by atoms with Crippen LogP contribution in [0, 0.1) is 0 Å². The highest BCUT2D eigenvalue weighted by atomic mass is 16.5. The van der Waals surface area contributed by atoms with Crippen molar-refractivity contribution in [3.63, 3.8) is 0 Å². The lowest BCUT2D eigenvalue weighted by molar-refractivity contribution is -0.0575. The lowest BCUT2D eigenvalue weighted by Gasteiger charge is -2.33. The van der Waals surface area contributed by atoms with Crippen LogP contribution < -0.4 is 15.8 Å². The number of hydrogen-bond donors (Lipinski definition) is 2.